The Morgan fingerprint density at radius 2 is 2.07 bits per heavy atom. The first-order chi connectivity index (χ1) is 7.29. The summed E-state index contributed by atoms with van der Waals surface area (Å²) in [4.78, 5) is 11.3. The van der Waals surface area contributed by atoms with Gasteiger partial charge < -0.3 is 4.74 Å². The first kappa shape index (κ1) is 10.4. The van der Waals surface area contributed by atoms with E-state index in [2.05, 4.69) is 31.2 Å². The maximum atomic E-state index is 11.3. The number of benzene rings is 1. The molecular formula is C13H16O2. The van der Waals surface area contributed by atoms with Crippen molar-refractivity contribution in [2.45, 2.75) is 32.3 Å². The first-order valence-electron chi connectivity index (χ1n) is 5.51. The van der Waals surface area contributed by atoms with E-state index in [4.69, 9.17) is 4.74 Å². The van der Waals surface area contributed by atoms with E-state index in [0.29, 0.717) is 25.2 Å². The van der Waals surface area contributed by atoms with Gasteiger partial charge >= 0.3 is 0 Å². The van der Waals surface area contributed by atoms with E-state index in [0.717, 1.165) is 12.0 Å². The molecule has 1 heterocycles. The molecule has 1 fully saturated rings. The molecule has 2 heteroatoms. The largest absolute Gasteiger partial charge is 0.373 e. The van der Waals surface area contributed by atoms with Crippen LogP contribution in [0.5, 0.6) is 0 Å². The molecule has 0 bridgehead atoms. The Morgan fingerprint density at radius 3 is 2.67 bits per heavy atom. The zero-order chi connectivity index (χ0) is 10.7. The van der Waals surface area contributed by atoms with Gasteiger partial charge in [-0.25, -0.2) is 0 Å². The number of carbonyl (C=O) groups is 1. The fraction of sp³-hybridized carbons (Fsp3) is 0.462. The summed E-state index contributed by atoms with van der Waals surface area (Å²) in [6.07, 6.45) is 2.14. The molecule has 1 atom stereocenters. The third-order valence-corrected chi connectivity index (χ3v) is 2.87. The Kier molecular flexibility index (Phi) is 3.17. The summed E-state index contributed by atoms with van der Waals surface area (Å²) in [5, 5.41) is 0. The third-order valence-electron chi connectivity index (χ3n) is 2.87. The van der Waals surface area contributed by atoms with Crippen molar-refractivity contribution in [2.75, 3.05) is 6.61 Å². The number of hydrogen-bond acceptors (Lipinski definition) is 2. The Labute approximate surface area is 90.3 Å². The highest BCUT2D eigenvalue weighted by molar-refractivity contribution is 5.79. The maximum Gasteiger partial charge on any atom is 0.138 e. The van der Waals surface area contributed by atoms with Gasteiger partial charge in [0.2, 0.25) is 0 Å². The fourth-order valence-electron chi connectivity index (χ4n) is 1.86. The van der Waals surface area contributed by atoms with Gasteiger partial charge in [0.05, 0.1) is 12.7 Å². The lowest BCUT2D eigenvalue weighted by Crippen LogP contribution is -2.19. The van der Waals surface area contributed by atoms with Crippen molar-refractivity contribution in [1.29, 1.82) is 0 Å². The van der Waals surface area contributed by atoms with Gasteiger partial charge in [0.15, 0.2) is 0 Å². The highest BCUT2D eigenvalue weighted by Crippen LogP contribution is 2.26. The minimum atomic E-state index is -0.0165. The second kappa shape index (κ2) is 4.58. The average molecular weight is 204 g/mol. The minimum Gasteiger partial charge on any atom is -0.373 e. The SMILES string of the molecule is CCc1ccc([C@H]2CC(=O)CCO2)cc1. The molecule has 1 aromatic carbocycles. The van der Waals surface area contributed by atoms with Crippen LogP contribution in [-0.4, -0.2) is 12.4 Å². The summed E-state index contributed by atoms with van der Waals surface area (Å²) in [5.74, 6) is 0.311. The predicted molar refractivity (Wildman–Crippen MR) is 58.8 cm³/mol. The molecule has 2 rings (SSSR count). The van der Waals surface area contributed by atoms with Crippen LogP contribution in [0.3, 0.4) is 0 Å². The summed E-state index contributed by atoms with van der Waals surface area (Å²) in [6.45, 7) is 2.70. The molecule has 1 aliphatic rings. The molecule has 1 aliphatic heterocycles. The van der Waals surface area contributed by atoms with Crippen molar-refractivity contribution in [3.63, 3.8) is 0 Å². The number of hydrogen-bond donors (Lipinski definition) is 0. The smallest absolute Gasteiger partial charge is 0.138 e. The first-order valence-corrected chi connectivity index (χ1v) is 5.51. The predicted octanol–water partition coefficient (Wildman–Crippen LogP) is 2.67. The summed E-state index contributed by atoms with van der Waals surface area (Å²) in [5.41, 5.74) is 2.45. The molecule has 0 unspecified atom stereocenters. The Morgan fingerprint density at radius 1 is 1.33 bits per heavy atom. The topological polar surface area (TPSA) is 26.3 Å². The van der Waals surface area contributed by atoms with E-state index in [1.165, 1.54) is 5.56 Å². The van der Waals surface area contributed by atoms with E-state index < -0.39 is 0 Å². The molecule has 1 saturated heterocycles. The van der Waals surface area contributed by atoms with Crippen molar-refractivity contribution in [1.82, 2.24) is 0 Å². The average Bonchev–Trinajstić information content (AvgIpc) is 2.29. The summed E-state index contributed by atoms with van der Waals surface area (Å²) in [7, 11) is 0. The second-order valence-electron chi connectivity index (χ2n) is 3.95. The minimum absolute atomic E-state index is 0.0165. The number of ether oxygens (including phenoxy) is 1. The Hall–Kier alpha value is -1.15. The van der Waals surface area contributed by atoms with E-state index >= 15 is 0 Å². The van der Waals surface area contributed by atoms with Crippen LogP contribution in [0.1, 0.15) is 37.0 Å². The lowest BCUT2D eigenvalue weighted by atomic mass is 9.99. The molecule has 15 heavy (non-hydrogen) atoms. The maximum absolute atomic E-state index is 11.3. The number of aryl methyl sites for hydroxylation is 1. The van der Waals surface area contributed by atoms with Gasteiger partial charge in [-0.3, -0.25) is 4.79 Å². The molecule has 2 nitrogen and oxygen atoms in total. The van der Waals surface area contributed by atoms with Crippen LogP contribution in [0.2, 0.25) is 0 Å². The van der Waals surface area contributed by atoms with Crippen LogP contribution in [0.4, 0.5) is 0 Å². The number of ketones is 1. The zero-order valence-electron chi connectivity index (χ0n) is 9.03. The van der Waals surface area contributed by atoms with Crippen molar-refractivity contribution in [3.8, 4) is 0 Å². The summed E-state index contributed by atoms with van der Waals surface area (Å²) in [6, 6.07) is 8.36. The molecule has 0 spiro atoms. The highest BCUT2D eigenvalue weighted by Gasteiger charge is 2.21. The normalized spacial score (nSPS) is 21.7. The fourth-order valence-corrected chi connectivity index (χ4v) is 1.86. The lowest BCUT2D eigenvalue weighted by Gasteiger charge is -2.22. The molecule has 0 N–H and O–H groups in total. The Balaban J connectivity index is 2.11. The zero-order valence-corrected chi connectivity index (χ0v) is 9.03. The second-order valence-corrected chi connectivity index (χ2v) is 3.95. The third kappa shape index (κ3) is 2.45. The van der Waals surface area contributed by atoms with Crippen LogP contribution in [0, 0.1) is 0 Å². The van der Waals surface area contributed by atoms with E-state index in [1.807, 2.05) is 0 Å². The number of Topliss-reactive ketones (excluding diaryl/α,β-unsaturated/α-hetero) is 1. The van der Waals surface area contributed by atoms with Crippen LogP contribution in [0.15, 0.2) is 24.3 Å². The molecular weight excluding hydrogens is 188 g/mol. The van der Waals surface area contributed by atoms with Gasteiger partial charge in [-0.2, -0.15) is 0 Å². The van der Waals surface area contributed by atoms with Crippen LogP contribution < -0.4 is 0 Å². The van der Waals surface area contributed by atoms with Crippen molar-refractivity contribution in [2.24, 2.45) is 0 Å². The van der Waals surface area contributed by atoms with Gasteiger partial charge in [0, 0.05) is 12.8 Å². The van der Waals surface area contributed by atoms with Crippen LogP contribution >= 0.6 is 0 Å². The molecule has 0 saturated carbocycles. The van der Waals surface area contributed by atoms with E-state index in [9.17, 15) is 4.79 Å². The number of rotatable bonds is 2. The van der Waals surface area contributed by atoms with Crippen LogP contribution in [-0.2, 0) is 16.0 Å². The standard InChI is InChI=1S/C13H16O2/c1-2-10-3-5-11(6-4-10)13-9-12(14)7-8-15-13/h3-6,13H,2,7-9H2,1H3/t13-/m1/s1. The van der Waals surface area contributed by atoms with Gasteiger partial charge in [0.1, 0.15) is 5.78 Å². The lowest BCUT2D eigenvalue weighted by molar-refractivity contribution is -0.128. The molecule has 0 radical (unpaired) electrons. The molecule has 1 aromatic rings. The molecule has 80 valence electrons. The monoisotopic (exact) mass is 204 g/mol. The number of carbonyl (C=O) groups excluding carboxylic acids is 1. The Bertz CT molecular complexity index is 340. The van der Waals surface area contributed by atoms with E-state index in [1.54, 1.807) is 0 Å². The van der Waals surface area contributed by atoms with Crippen molar-refractivity contribution < 1.29 is 9.53 Å². The van der Waals surface area contributed by atoms with Crippen molar-refractivity contribution >= 4 is 5.78 Å². The molecule has 0 aliphatic carbocycles. The van der Waals surface area contributed by atoms with Gasteiger partial charge in [-0.15, -0.1) is 0 Å². The molecule has 0 aromatic heterocycles. The van der Waals surface area contributed by atoms with Gasteiger partial charge in [-0.05, 0) is 17.5 Å². The van der Waals surface area contributed by atoms with Crippen LogP contribution in [0.25, 0.3) is 0 Å². The van der Waals surface area contributed by atoms with Crippen molar-refractivity contribution in [3.05, 3.63) is 35.4 Å². The summed E-state index contributed by atoms with van der Waals surface area (Å²) >= 11 is 0. The van der Waals surface area contributed by atoms with Gasteiger partial charge in [-0.1, -0.05) is 31.2 Å². The van der Waals surface area contributed by atoms with Gasteiger partial charge in [0.25, 0.3) is 0 Å². The highest BCUT2D eigenvalue weighted by atomic mass is 16.5. The quantitative estimate of drug-likeness (QED) is 0.740. The molecule has 0 amide bonds. The summed E-state index contributed by atoms with van der Waals surface area (Å²) < 4.78 is 5.59. The van der Waals surface area contributed by atoms with E-state index in [-0.39, 0.29) is 6.10 Å².